The van der Waals surface area contributed by atoms with Crippen molar-refractivity contribution < 1.29 is 19.0 Å². The topological polar surface area (TPSA) is 47.9 Å². The molecule has 26 heavy (non-hydrogen) atoms. The van der Waals surface area contributed by atoms with E-state index >= 15 is 0 Å². The third-order valence-corrected chi connectivity index (χ3v) is 10.6. The van der Waals surface area contributed by atoms with E-state index in [1.165, 1.54) is 0 Å². The summed E-state index contributed by atoms with van der Waals surface area (Å²) in [6.45, 7) is 14.3. The number of aliphatic hydroxyl groups excluding tert-OH is 1. The van der Waals surface area contributed by atoms with Crippen LogP contribution in [0.3, 0.4) is 0 Å². The molecule has 4 atom stereocenters. The van der Waals surface area contributed by atoms with Gasteiger partial charge in [-0.1, -0.05) is 32.9 Å². The van der Waals surface area contributed by atoms with E-state index in [4.69, 9.17) is 13.9 Å². The summed E-state index contributed by atoms with van der Waals surface area (Å²) in [5.74, 6) is 0.733. The number of unbranched alkanes of at least 4 members (excludes halogenated alkanes) is 1. The minimum Gasteiger partial charge on any atom is -0.414 e. The Bertz CT molecular complexity index is 417. The van der Waals surface area contributed by atoms with Gasteiger partial charge in [0.25, 0.3) is 0 Å². The fourth-order valence-electron chi connectivity index (χ4n) is 3.38. The molecule has 0 amide bonds. The van der Waals surface area contributed by atoms with Crippen LogP contribution in [0.25, 0.3) is 0 Å². The summed E-state index contributed by atoms with van der Waals surface area (Å²) in [5, 5.41) is 9.86. The van der Waals surface area contributed by atoms with E-state index in [0.717, 1.165) is 32.1 Å². The molecule has 1 aliphatic carbocycles. The van der Waals surface area contributed by atoms with Gasteiger partial charge in [0.1, 0.15) is 6.79 Å². The molecule has 1 aliphatic rings. The molecular weight excluding hydrogens is 344 g/mol. The predicted octanol–water partition coefficient (Wildman–Crippen LogP) is 5.13. The molecule has 0 aromatic carbocycles. The van der Waals surface area contributed by atoms with Crippen LogP contribution in [0.4, 0.5) is 0 Å². The first-order valence-electron chi connectivity index (χ1n) is 10.2. The summed E-state index contributed by atoms with van der Waals surface area (Å²) in [7, 11) is -0.0160. The first-order chi connectivity index (χ1) is 12.1. The molecule has 0 aromatic heterocycles. The smallest absolute Gasteiger partial charge is 0.192 e. The lowest BCUT2D eigenvalue weighted by molar-refractivity contribution is -0.0707. The number of methoxy groups -OCH3 is 1. The van der Waals surface area contributed by atoms with Gasteiger partial charge < -0.3 is 19.0 Å². The quantitative estimate of drug-likeness (QED) is 0.231. The Balaban J connectivity index is 2.31. The van der Waals surface area contributed by atoms with Gasteiger partial charge in [-0.05, 0) is 69.0 Å². The lowest BCUT2D eigenvalue weighted by Gasteiger charge is -2.38. The van der Waals surface area contributed by atoms with Crippen molar-refractivity contribution in [3.8, 4) is 0 Å². The van der Waals surface area contributed by atoms with Crippen LogP contribution in [-0.4, -0.2) is 46.1 Å². The Hall–Kier alpha value is -0.203. The van der Waals surface area contributed by atoms with Gasteiger partial charge in [-0.2, -0.15) is 0 Å². The molecule has 0 heterocycles. The van der Waals surface area contributed by atoms with Crippen molar-refractivity contribution in [2.75, 3.05) is 20.5 Å². The van der Waals surface area contributed by atoms with Crippen LogP contribution in [0, 0.1) is 11.8 Å². The van der Waals surface area contributed by atoms with Crippen molar-refractivity contribution in [1.29, 1.82) is 0 Å². The van der Waals surface area contributed by atoms with E-state index in [9.17, 15) is 5.11 Å². The molecule has 0 aromatic rings. The molecule has 0 spiro atoms. The minimum atomic E-state index is -1.66. The van der Waals surface area contributed by atoms with Crippen LogP contribution >= 0.6 is 0 Å². The molecule has 1 rings (SSSR count). The highest BCUT2D eigenvalue weighted by Gasteiger charge is 2.38. The fraction of sp³-hybridized carbons (Fsp3) is 0.905. The number of hydrogen-bond donors (Lipinski definition) is 1. The molecule has 1 saturated carbocycles. The molecule has 0 bridgehead atoms. The highest BCUT2D eigenvalue weighted by atomic mass is 28.4. The van der Waals surface area contributed by atoms with Gasteiger partial charge in [0.05, 0.1) is 6.10 Å². The van der Waals surface area contributed by atoms with Gasteiger partial charge in [0.2, 0.25) is 0 Å². The second kappa shape index (κ2) is 11.0. The van der Waals surface area contributed by atoms with Gasteiger partial charge in [-0.3, -0.25) is 0 Å². The summed E-state index contributed by atoms with van der Waals surface area (Å²) in [4.78, 5) is 0. The van der Waals surface area contributed by atoms with Gasteiger partial charge in [0.15, 0.2) is 8.32 Å². The molecule has 0 unspecified atom stereocenters. The molecule has 5 heteroatoms. The molecule has 1 N–H and O–H groups in total. The Kier molecular flexibility index (Phi) is 10.0. The highest BCUT2D eigenvalue weighted by Crippen LogP contribution is 2.38. The highest BCUT2D eigenvalue weighted by molar-refractivity contribution is 6.74. The minimum absolute atomic E-state index is 0.208. The van der Waals surface area contributed by atoms with Crippen molar-refractivity contribution >= 4 is 8.32 Å². The summed E-state index contributed by atoms with van der Waals surface area (Å²) in [6.07, 6.45) is 10.3. The number of allylic oxidation sites excluding steroid dienone is 2. The van der Waals surface area contributed by atoms with Gasteiger partial charge in [-0.15, -0.1) is 0 Å². The van der Waals surface area contributed by atoms with E-state index < -0.39 is 8.32 Å². The standard InChI is InChI=1S/C21H42O4Si/c1-17(25-26(6,7)21(2,3)4)11-9-8-10-12-18-13-20(24-16-23-5)14-19(18)15-22/h10,12,17-20,22H,8-9,11,13-16H2,1-7H3/b12-10+/t17-,18+,19-,20-/m0/s1. The molecule has 0 saturated heterocycles. The largest absolute Gasteiger partial charge is 0.414 e. The first-order valence-corrected chi connectivity index (χ1v) is 13.1. The van der Waals surface area contributed by atoms with Crippen LogP contribution in [0.15, 0.2) is 12.2 Å². The Morgan fingerprint density at radius 3 is 2.50 bits per heavy atom. The number of aliphatic hydroxyl groups is 1. The van der Waals surface area contributed by atoms with Crippen molar-refractivity contribution in [2.45, 2.75) is 90.1 Å². The van der Waals surface area contributed by atoms with Gasteiger partial charge >= 0.3 is 0 Å². The molecule has 4 nitrogen and oxygen atoms in total. The predicted molar refractivity (Wildman–Crippen MR) is 111 cm³/mol. The van der Waals surface area contributed by atoms with E-state index in [0.29, 0.717) is 24.7 Å². The summed E-state index contributed by atoms with van der Waals surface area (Å²) < 4.78 is 17.1. The summed E-state index contributed by atoms with van der Waals surface area (Å²) in [5.41, 5.74) is 0. The van der Waals surface area contributed by atoms with E-state index in [-0.39, 0.29) is 17.7 Å². The van der Waals surface area contributed by atoms with Crippen LogP contribution < -0.4 is 0 Å². The molecule has 154 valence electrons. The third-order valence-electron chi connectivity index (χ3n) is 6.03. The Morgan fingerprint density at radius 1 is 1.23 bits per heavy atom. The average molecular weight is 387 g/mol. The van der Waals surface area contributed by atoms with Gasteiger partial charge in [-0.25, -0.2) is 0 Å². The third kappa shape index (κ3) is 7.81. The SMILES string of the molecule is COCO[C@@H]1C[C@@H](CO)[C@H](/C=C/CCC[C@H](C)O[Si](C)(C)C(C)(C)C)C1. The lowest BCUT2D eigenvalue weighted by Crippen LogP contribution is -2.43. The zero-order valence-corrected chi connectivity index (χ0v) is 19.1. The summed E-state index contributed by atoms with van der Waals surface area (Å²) >= 11 is 0. The van der Waals surface area contributed by atoms with Crippen LogP contribution in [0.5, 0.6) is 0 Å². The zero-order chi connectivity index (χ0) is 19.8. The zero-order valence-electron chi connectivity index (χ0n) is 18.1. The van der Waals surface area contributed by atoms with Gasteiger partial charge in [0, 0.05) is 19.8 Å². The van der Waals surface area contributed by atoms with E-state index in [2.05, 4.69) is 52.9 Å². The van der Waals surface area contributed by atoms with E-state index in [1.807, 2.05) is 0 Å². The molecular formula is C21H42O4Si. The first kappa shape index (κ1) is 23.8. The maximum Gasteiger partial charge on any atom is 0.192 e. The fourth-order valence-corrected chi connectivity index (χ4v) is 4.86. The molecule has 1 fully saturated rings. The summed E-state index contributed by atoms with van der Waals surface area (Å²) in [6, 6.07) is 0. The van der Waals surface area contributed by atoms with Crippen molar-refractivity contribution in [2.24, 2.45) is 11.8 Å². The van der Waals surface area contributed by atoms with Crippen LogP contribution in [0.1, 0.15) is 59.8 Å². The normalized spacial score (nSPS) is 25.9. The second-order valence-corrected chi connectivity index (χ2v) is 14.1. The monoisotopic (exact) mass is 386 g/mol. The number of ether oxygens (including phenoxy) is 2. The maximum absolute atomic E-state index is 9.60. The van der Waals surface area contributed by atoms with Crippen molar-refractivity contribution in [3.05, 3.63) is 12.2 Å². The maximum atomic E-state index is 9.60. The van der Waals surface area contributed by atoms with E-state index in [1.54, 1.807) is 7.11 Å². The molecule has 0 radical (unpaired) electrons. The number of rotatable bonds is 11. The van der Waals surface area contributed by atoms with Crippen LogP contribution in [-0.2, 0) is 13.9 Å². The van der Waals surface area contributed by atoms with Crippen molar-refractivity contribution in [1.82, 2.24) is 0 Å². The van der Waals surface area contributed by atoms with Crippen molar-refractivity contribution in [3.63, 3.8) is 0 Å². The second-order valence-electron chi connectivity index (χ2n) is 9.32. The lowest BCUT2D eigenvalue weighted by atomic mass is 9.96. The number of hydrogen-bond acceptors (Lipinski definition) is 4. The van der Waals surface area contributed by atoms with Crippen LogP contribution in [0.2, 0.25) is 18.1 Å². The Labute approximate surface area is 162 Å². The Morgan fingerprint density at radius 2 is 1.92 bits per heavy atom. The molecule has 0 aliphatic heterocycles. The average Bonchev–Trinajstić information content (AvgIpc) is 2.93.